The highest BCUT2D eigenvalue weighted by Gasteiger charge is 1.98. The molecule has 0 saturated heterocycles. The van der Waals surface area contributed by atoms with Gasteiger partial charge in [0.05, 0.1) is 0 Å². The van der Waals surface area contributed by atoms with Gasteiger partial charge in [0.1, 0.15) is 5.69 Å². The number of rotatable bonds is 1. The Labute approximate surface area is 51.5 Å². The number of hydrogen-bond acceptors (Lipinski definition) is 3. The lowest BCUT2D eigenvalue weighted by Crippen LogP contribution is -2.15. The van der Waals surface area contributed by atoms with E-state index in [0.717, 1.165) is 10.8 Å². The predicted octanol–water partition coefficient (Wildman–Crippen LogP) is 0.156. The molecule has 0 spiro atoms. The van der Waals surface area contributed by atoms with Gasteiger partial charge in [-0.15, -0.1) is 0 Å². The van der Waals surface area contributed by atoms with E-state index in [9.17, 15) is 0 Å². The van der Waals surface area contributed by atoms with Gasteiger partial charge in [-0.25, -0.2) is 4.98 Å². The predicted molar refractivity (Wildman–Crippen MR) is 33.4 cm³/mol. The van der Waals surface area contributed by atoms with Gasteiger partial charge < -0.3 is 0 Å². The van der Waals surface area contributed by atoms with Crippen molar-refractivity contribution in [1.82, 2.24) is 0 Å². The van der Waals surface area contributed by atoms with Gasteiger partial charge in [0.25, 0.3) is 0 Å². The molecular weight excluding hydrogens is 122 g/mol. The number of nitrogen functional groups attached to an aromatic ring is 1. The molecule has 1 aromatic rings. The van der Waals surface area contributed by atoms with Crippen LogP contribution in [0.2, 0.25) is 0 Å². The van der Waals surface area contributed by atoms with Crippen molar-refractivity contribution in [3.63, 3.8) is 0 Å². The van der Waals surface area contributed by atoms with Gasteiger partial charge in [0, 0.05) is 5.38 Å². The zero-order valence-electron chi connectivity index (χ0n) is 4.56. The molecule has 1 heterocycles. The standard InChI is InChI=1S/C4H7N3S/c1-3-2-8-4(6-3)7-5/h2H,5H2,1H3,(H,6,7)/p+1. The SMILES string of the molecule is Cc1csc(NN)[nH+]1. The molecule has 8 heavy (non-hydrogen) atoms. The van der Waals surface area contributed by atoms with Crippen LogP contribution in [0.3, 0.4) is 0 Å². The molecule has 3 nitrogen and oxygen atoms in total. The highest BCUT2D eigenvalue weighted by molar-refractivity contribution is 7.13. The molecule has 0 aliphatic heterocycles. The molecule has 0 atom stereocenters. The summed E-state index contributed by atoms with van der Waals surface area (Å²) in [7, 11) is 0. The van der Waals surface area contributed by atoms with Crippen molar-refractivity contribution in [2.24, 2.45) is 5.84 Å². The Morgan fingerprint density at radius 2 is 2.62 bits per heavy atom. The molecule has 1 aromatic heterocycles. The minimum atomic E-state index is 0.891. The van der Waals surface area contributed by atoms with Crippen LogP contribution in [0.4, 0.5) is 5.13 Å². The maximum atomic E-state index is 5.09. The fourth-order valence-corrected chi connectivity index (χ4v) is 1.10. The summed E-state index contributed by atoms with van der Waals surface area (Å²) in [4.78, 5) is 3.01. The van der Waals surface area contributed by atoms with Gasteiger partial charge in [0.15, 0.2) is 0 Å². The second kappa shape index (κ2) is 2.11. The maximum Gasteiger partial charge on any atom is 0.349 e. The van der Waals surface area contributed by atoms with Crippen LogP contribution in [0.25, 0.3) is 0 Å². The molecular formula is C4H8N3S+. The average molecular weight is 130 g/mol. The molecule has 0 aromatic carbocycles. The summed E-state index contributed by atoms with van der Waals surface area (Å²) in [5.41, 5.74) is 3.64. The molecule has 0 amide bonds. The summed E-state index contributed by atoms with van der Waals surface area (Å²) in [5, 5.41) is 2.89. The molecule has 4 heteroatoms. The topological polar surface area (TPSA) is 52.2 Å². The van der Waals surface area contributed by atoms with Crippen LogP contribution in [-0.2, 0) is 0 Å². The monoisotopic (exact) mass is 130 g/mol. The first-order valence-electron chi connectivity index (χ1n) is 2.27. The Bertz CT molecular complexity index is 172. The highest BCUT2D eigenvalue weighted by atomic mass is 32.1. The van der Waals surface area contributed by atoms with Crippen molar-refractivity contribution >= 4 is 16.5 Å². The van der Waals surface area contributed by atoms with E-state index in [-0.39, 0.29) is 0 Å². The molecule has 0 saturated carbocycles. The third-order valence-corrected chi connectivity index (χ3v) is 1.72. The number of hydrogen-bond donors (Lipinski definition) is 2. The smallest absolute Gasteiger partial charge is 0.234 e. The van der Waals surface area contributed by atoms with E-state index >= 15 is 0 Å². The van der Waals surface area contributed by atoms with Crippen molar-refractivity contribution < 1.29 is 4.98 Å². The van der Waals surface area contributed by atoms with Crippen LogP contribution in [0, 0.1) is 6.92 Å². The number of hydrazine groups is 1. The summed E-state index contributed by atoms with van der Waals surface area (Å²) < 4.78 is 0. The average Bonchev–Trinajstić information content (AvgIpc) is 2.14. The van der Waals surface area contributed by atoms with Crippen molar-refractivity contribution in [2.75, 3.05) is 5.43 Å². The van der Waals surface area contributed by atoms with Crippen molar-refractivity contribution in [2.45, 2.75) is 6.92 Å². The second-order valence-electron chi connectivity index (χ2n) is 1.52. The molecule has 0 aliphatic rings. The lowest BCUT2D eigenvalue weighted by atomic mass is 10.6. The molecule has 0 radical (unpaired) electrons. The van der Waals surface area contributed by atoms with E-state index < -0.39 is 0 Å². The van der Waals surface area contributed by atoms with Gasteiger partial charge in [-0.2, -0.15) is 11.3 Å². The van der Waals surface area contributed by atoms with E-state index in [1.54, 1.807) is 11.3 Å². The Kier molecular flexibility index (Phi) is 1.45. The van der Waals surface area contributed by atoms with Crippen LogP contribution in [0.5, 0.6) is 0 Å². The summed E-state index contributed by atoms with van der Waals surface area (Å²) in [6.45, 7) is 1.98. The number of anilines is 1. The van der Waals surface area contributed by atoms with Gasteiger partial charge >= 0.3 is 5.13 Å². The number of aromatic nitrogens is 1. The van der Waals surface area contributed by atoms with E-state index in [1.807, 2.05) is 12.3 Å². The minimum absolute atomic E-state index is 0.891. The molecule has 0 fully saturated rings. The summed E-state index contributed by atoms with van der Waals surface area (Å²) in [5.74, 6) is 5.09. The van der Waals surface area contributed by atoms with Crippen LogP contribution in [0.1, 0.15) is 5.69 Å². The molecule has 4 N–H and O–H groups in total. The van der Waals surface area contributed by atoms with Crippen LogP contribution in [0.15, 0.2) is 5.38 Å². The number of aromatic amines is 1. The minimum Gasteiger partial charge on any atom is -0.234 e. The van der Waals surface area contributed by atoms with Crippen molar-refractivity contribution in [3.05, 3.63) is 11.1 Å². The first-order valence-corrected chi connectivity index (χ1v) is 3.15. The Morgan fingerprint density at radius 1 is 1.88 bits per heavy atom. The quantitative estimate of drug-likeness (QED) is 0.420. The van der Waals surface area contributed by atoms with E-state index in [1.165, 1.54) is 0 Å². The van der Waals surface area contributed by atoms with Gasteiger partial charge in [-0.3, -0.25) is 0 Å². The van der Waals surface area contributed by atoms with Gasteiger partial charge in [-0.1, -0.05) is 11.3 Å². The number of nitrogens with two attached hydrogens (primary N) is 1. The van der Waals surface area contributed by atoms with Gasteiger partial charge in [-0.05, 0) is 6.92 Å². The molecule has 0 aliphatic carbocycles. The third-order valence-electron chi connectivity index (χ3n) is 0.795. The zero-order chi connectivity index (χ0) is 5.98. The third kappa shape index (κ3) is 0.962. The highest BCUT2D eigenvalue weighted by Crippen LogP contribution is 2.05. The second-order valence-corrected chi connectivity index (χ2v) is 2.40. The Morgan fingerprint density at radius 3 is 2.88 bits per heavy atom. The fourth-order valence-electron chi connectivity index (χ4n) is 0.455. The van der Waals surface area contributed by atoms with E-state index in [4.69, 9.17) is 5.84 Å². The van der Waals surface area contributed by atoms with E-state index in [0.29, 0.717) is 0 Å². The van der Waals surface area contributed by atoms with Gasteiger partial charge in [0.2, 0.25) is 0 Å². The van der Waals surface area contributed by atoms with Crippen LogP contribution >= 0.6 is 11.3 Å². The first kappa shape index (κ1) is 5.53. The van der Waals surface area contributed by atoms with Crippen LogP contribution in [-0.4, -0.2) is 0 Å². The Balaban J connectivity index is 2.84. The molecule has 0 bridgehead atoms. The summed E-state index contributed by atoms with van der Waals surface area (Å²) >= 11 is 1.56. The number of aryl methyl sites for hydroxylation is 1. The zero-order valence-corrected chi connectivity index (χ0v) is 5.38. The molecule has 0 unspecified atom stereocenters. The largest absolute Gasteiger partial charge is 0.349 e. The number of H-pyrrole nitrogens is 1. The number of thiazole rings is 1. The van der Waals surface area contributed by atoms with Crippen molar-refractivity contribution in [3.8, 4) is 0 Å². The Hall–Kier alpha value is -0.610. The lowest BCUT2D eigenvalue weighted by Gasteiger charge is -1.76. The normalized spacial score (nSPS) is 9.25. The summed E-state index contributed by atoms with van der Waals surface area (Å²) in [6, 6.07) is 0. The molecule has 1 rings (SSSR count). The number of nitrogens with one attached hydrogen (secondary N) is 2. The van der Waals surface area contributed by atoms with Crippen molar-refractivity contribution in [1.29, 1.82) is 0 Å². The first-order chi connectivity index (χ1) is 3.83. The van der Waals surface area contributed by atoms with Crippen LogP contribution < -0.4 is 16.3 Å². The maximum absolute atomic E-state index is 5.09. The molecule has 44 valence electrons. The van der Waals surface area contributed by atoms with E-state index in [2.05, 4.69) is 10.4 Å². The summed E-state index contributed by atoms with van der Waals surface area (Å²) in [6.07, 6.45) is 0. The fraction of sp³-hybridized carbons (Fsp3) is 0.250. The lowest BCUT2D eigenvalue weighted by molar-refractivity contribution is -0.364.